The molecule has 0 spiro atoms. The van der Waals surface area contributed by atoms with Crippen molar-refractivity contribution in [2.75, 3.05) is 6.61 Å². The highest BCUT2D eigenvalue weighted by atomic mass is 16.5. The van der Waals surface area contributed by atoms with Crippen LogP contribution in [0.4, 0.5) is 4.79 Å². The first kappa shape index (κ1) is 18.0. The van der Waals surface area contributed by atoms with Gasteiger partial charge in [0.1, 0.15) is 6.61 Å². The van der Waals surface area contributed by atoms with Gasteiger partial charge in [-0.3, -0.25) is 4.79 Å². The van der Waals surface area contributed by atoms with Gasteiger partial charge in [-0.1, -0.05) is 62.4 Å². The van der Waals surface area contributed by atoms with Gasteiger partial charge in [0.15, 0.2) is 0 Å². The summed E-state index contributed by atoms with van der Waals surface area (Å²) in [7, 11) is 0. The van der Waals surface area contributed by atoms with Crippen LogP contribution in [0.25, 0.3) is 11.1 Å². The largest absolute Gasteiger partial charge is 0.481 e. The van der Waals surface area contributed by atoms with Crippen LogP contribution in [-0.4, -0.2) is 29.8 Å². The van der Waals surface area contributed by atoms with E-state index < -0.39 is 18.1 Å². The van der Waals surface area contributed by atoms with E-state index in [0.29, 0.717) is 0 Å². The lowest BCUT2D eigenvalue weighted by Gasteiger charge is -2.21. The highest BCUT2D eigenvalue weighted by Gasteiger charge is 2.29. The summed E-state index contributed by atoms with van der Waals surface area (Å²) in [5.74, 6) is -0.945. The Morgan fingerprint density at radius 1 is 1.04 bits per heavy atom. The second-order valence-corrected chi connectivity index (χ2v) is 6.92. The van der Waals surface area contributed by atoms with E-state index in [0.717, 1.165) is 11.1 Å². The van der Waals surface area contributed by atoms with Crippen molar-refractivity contribution in [2.24, 2.45) is 5.92 Å². The van der Waals surface area contributed by atoms with Crippen LogP contribution in [0.15, 0.2) is 48.5 Å². The van der Waals surface area contributed by atoms with Gasteiger partial charge in [0, 0.05) is 12.0 Å². The van der Waals surface area contributed by atoms with Crippen molar-refractivity contribution in [1.29, 1.82) is 0 Å². The molecule has 1 unspecified atom stereocenters. The third-order valence-electron chi connectivity index (χ3n) is 4.85. The summed E-state index contributed by atoms with van der Waals surface area (Å²) in [5, 5.41) is 11.7. The van der Waals surface area contributed by atoms with Crippen LogP contribution in [0.2, 0.25) is 0 Å². The highest BCUT2D eigenvalue weighted by molar-refractivity contribution is 5.79. The number of hydrogen-bond acceptors (Lipinski definition) is 3. The number of aliphatic carboxylic acids is 1. The van der Waals surface area contributed by atoms with E-state index in [1.807, 2.05) is 38.1 Å². The average molecular weight is 353 g/mol. The smallest absolute Gasteiger partial charge is 0.407 e. The molecule has 5 heteroatoms. The summed E-state index contributed by atoms with van der Waals surface area (Å²) in [5.41, 5.74) is 4.63. The Morgan fingerprint density at radius 2 is 1.58 bits per heavy atom. The van der Waals surface area contributed by atoms with Crippen molar-refractivity contribution < 1.29 is 19.4 Å². The second kappa shape index (κ2) is 7.60. The molecule has 5 nitrogen and oxygen atoms in total. The van der Waals surface area contributed by atoms with E-state index >= 15 is 0 Å². The van der Waals surface area contributed by atoms with Gasteiger partial charge in [0.05, 0.1) is 6.42 Å². The second-order valence-electron chi connectivity index (χ2n) is 6.92. The zero-order valence-corrected chi connectivity index (χ0v) is 14.9. The van der Waals surface area contributed by atoms with Crippen LogP contribution in [0.1, 0.15) is 37.3 Å². The molecule has 1 atom stereocenters. The van der Waals surface area contributed by atoms with Gasteiger partial charge in [0.25, 0.3) is 0 Å². The number of rotatable bonds is 6. The minimum atomic E-state index is -0.942. The summed E-state index contributed by atoms with van der Waals surface area (Å²) in [4.78, 5) is 23.1. The summed E-state index contributed by atoms with van der Waals surface area (Å²) in [6.45, 7) is 3.96. The molecule has 1 aliphatic rings. The number of hydrogen-bond donors (Lipinski definition) is 2. The van der Waals surface area contributed by atoms with Crippen LogP contribution in [0, 0.1) is 5.92 Å². The summed E-state index contributed by atoms with van der Waals surface area (Å²) in [6, 6.07) is 15.8. The quantitative estimate of drug-likeness (QED) is 0.822. The third kappa shape index (κ3) is 3.72. The van der Waals surface area contributed by atoms with Gasteiger partial charge in [-0.15, -0.1) is 0 Å². The standard InChI is InChI=1S/C21H23NO4/c1-13(2)19(11-20(23)24)22-21(25)26-12-18-16-9-5-3-7-14(16)15-8-4-6-10-17(15)18/h3-10,13,18-19H,11-12H2,1-2H3,(H,22,25)(H,23,24). The number of alkyl carbamates (subject to hydrolysis) is 1. The van der Waals surface area contributed by atoms with Crippen molar-refractivity contribution in [1.82, 2.24) is 5.32 Å². The Labute approximate surface area is 153 Å². The number of carboxylic acids is 1. The molecule has 0 saturated carbocycles. The van der Waals surface area contributed by atoms with Crippen molar-refractivity contribution in [3.05, 3.63) is 59.7 Å². The lowest BCUT2D eigenvalue weighted by Crippen LogP contribution is -2.40. The molecule has 0 saturated heterocycles. The van der Waals surface area contributed by atoms with Crippen molar-refractivity contribution in [3.63, 3.8) is 0 Å². The molecule has 1 amide bonds. The van der Waals surface area contributed by atoms with Gasteiger partial charge < -0.3 is 15.2 Å². The third-order valence-corrected chi connectivity index (χ3v) is 4.85. The predicted octanol–water partition coefficient (Wildman–Crippen LogP) is 4.02. The van der Waals surface area contributed by atoms with E-state index in [4.69, 9.17) is 9.84 Å². The average Bonchev–Trinajstić information content (AvgIpc) is 2.93. The van der Waals surface area contributed by atoms with Crippen LogP contribution >= 0.6 is 0 Å². The highest BCUT2D eigenvalue weighted by Crippen LogP contribution is 2.44. The maximum absolute atomic E-state index is 12.2. The molecule has 1 aliphatic carbocycles. The molecule has 2 N–H and O–H groups in total. The van der Waals surface area contributed by atoms with Crippen molar-refractivity contribution >= 4 is 12.1 Å². The molecule has 3 rings (SSSR count). The van der Waals surface area contributed by atoms with E-state index in [-0.39, 0.29) is 24.9 Å². The number of fused-ring (bicyclic) bond motifs is 3. The Balaban J connectivity index is 1.70. The maximum atomic E-state index is 12.2. The normalized spacial score (nSPS) is 13.8. The first-order chi connectivity index (χ1) is 12.5. The Morgan fingerprint density at radius 3 is 2.08 bits per heavy atom. The number of amides is 1. The molecule has 136 valence electrons. The minimum absolute atomic E-state index is 0.00609. The van der Waals surface area contributed by atoms with Crippen molar-refractivity contribution in [3.8, 4) is 11.1 Å². The van der Waals surface area contributed by atoms with E-state index in [1.165, 1.54) is 11.1 Å². The zero-order valence-electron chi connectivity index (χ0n) is 14.9. The van der Waals surface area contributed by atoms with E-state index in [9.17, 15) is 9.59 Å². The van der Waals surface area contributed by atoms with Crippen LogP contribution in [0.3, 0.4) is 0 Å². The zero-order chi connectivity index (χ0) is 18.7. The monoisotopic (exact) mass is 353 g/mol. The molecule has 0 aromatic heterocycles. The van der Waals surface area contributed by atoms with Crippen LogP contribution in [0.5, 0.6) is 0 Å². The SMILES string of the molecule is CC(C)C(CC(=O)O)NC(=O)OCC1c2ccccc2-c2ccccc21. The molecule has 2 aromatic carbocycles. The topological polar surface area (TPSA) is 75.6 Å². The fourth-order valence-corrected chi connectivity index (χ4v) is 3.43. The Bertz CT molecular complexity index is 770. The molecular weight excluding hydrogens is 330 g/mol. The molecule has 2 aromatic rings. The molecule has 0 radical (unpaired) electrons. The minimum Gasteiger partial charge on any atom is -0.481 e. The lowest BCUT2D eigenvalue weighted by atomic mass is 9.98. The molecule has 0 fully saturated rings. The van der Waals surface area contributed by atoms with Gasteiger partial charge >= 0.3 is 12.1 Å². The first-order valence-electron chi connectivity index (χ1n) is 8.80. The predicted molar refractivity (Wildman–Crippen MR) is 99.1 cm³/mol. The first-order valence-corrected chi connectivity index (χ1v) is 8.80. The molecule has 0 heterocycles. The van der Waals surface area contributed by atoms with Gasteiger partial charge in [-0.05, 0) is 28.2 Å². The number of benzene rings is 2. The van der Waals surface area contributed by atoms with Gasteiger partial charge in [-0.2, -0.15) is 0 Å². The van der Waals surface area contributed by atoms with Crippen LogP contribution in [-0.2, 0) is 9.53 Å². The molecule has 0 aliphatic heterocycles. The van der Waals surface area contributed by atoms with E-state index in [2.05, 4.69) is 29.6 Å². The molecule has 26 heavy (non-hydrogen) atoms. The van der Waals surface area contributed by atoms with Crippen LogP contribution < -0.4 is 5.32 Å². The van der Waals surface area contributed by atoms with E-state index in [1.54, 1.807) is 0 Å². The fraction of sp³-hybridized carbons (Fsp3) is 0.333. The number of carbonyl (C=O) groups is 2. The number of nitrogens with one attached hydrogen (secondary N) is 1. The molecule has 0 bridgehead atoms. The summed E-state index contributed by atoms with van der Waals surface area (Å²) >= 11 is 0. The van der Waals surface area contributed by atoms with Crippen molar-refractivity contribution in [2.45, 2.75) is 32.2 Å². The molecular formula is C21H23NO4. The summed E-state index contributed by atoms with van der Waals surface area (Å²) in [6.07, 6.45) is -0.700. The number of carbonyl (C=O) groups excluding carboxylic acids is 1. The van der Waals surface area contributed by atoms with Gasteiger partial charge in [0.2, 0.25) is 0 Å². The lowest BCUT2D eigenvalue weighted by molar-refractivity contribution is -0.137. The fourth-order valence-electron chi connectivity index (χ4n) is 3.43. The number of carboxylic acid groups (broad SMARTS) is 1. The maximum Gasteiger partial charge on any atom is 0.407 e. The van der Waals surface area contributed by atoms with Gasteiger partial charge in [-0.25, -0.2) is 4.79 Å². The Kier molecular flexibility index (Phi) is 5.26. The Hall–Kier alpha value is -2.82. The number of ether oxygens (including phenoxy) is 1. The summed E-state index contributed by atoms with van der Waals surface area (Å²) < 4.78 is 5.46.